The lowest BCUT2D eigenvalue weighted by molar-refractivity contribution is 0.536. The van der Waals surface area contributed by atoms with Gasteiger partial charge in [-0.15, -0.1) is 6.58 Å². The number of hydrogen-bond donors (Lipinski definition) is 0. The van der Waals surface area contributed by atoms with Crippen molar-refractivity contribution in [1.82, 2.24) is 4.90 Å². The fraction of sp³-hybridized carbons (Fsp3) is 0.280. The standard InChI is InChI=1S/C18H23N3.C5H8.C2H6/c1-8-12-20-16-13(5)14(9-2)17(19-11-4)18(21(6)7)15(16)10-3;1-4-5(2)3;1-2/h8-11H,1,3-5,12H2,2,6-7H3;4H,1-2H2,3H3;1-2H3/b14-9-,19-17?,20-16?;;. The fourth-order valence-corrected chi connectivity index (χ4v) is 2.32. The molecule has 0 unspecified atom stereocenters. The molecule has 0 aromatic carbocycles. The molecule has 0 aliphatic heterocycles. The molecule has 0 heterocycles. The summed E-state index contributed by atoms with van der Waals surface area (Å²) in [5.41, 5.74) is 6.41. The summed E-state index contributed by atoms with van der Waals surface area (Å²) < 4.78 is 0. The maximum atomic E-state index is 4.58. The zero-order valence-electron chi connectivity index (χ0n) is 18.7. The summed E-state index contributed by atoms with van der Waals surface area (Å²) in [6, 6.07) is 0. The third kappa shape index (κ3) is 7.75. The van der Waals surface area contributed by atoms with Gasteiger partial charge in [-0.2, -0.15) is 0 Å². The molecule has 152 valence electrons. The molecule has 0 radical (unpaired) electrons. The molecule has 0 saturated heterocycles. The quantitative estimate of drug-likeness (QED) is 0.383. The van der Waals surface area contributed by atoms with Gasteiger partial charge in [0.25, 0.3) is 0 Å². The third-order valence-electron chi connectivity index (χ3n) is 3.49. The van der Waals surface area contributed by atoms with Gasteiger partial charge < -0.3 is 4.90 Å². The van der Waals surface area contributed by atoms with Crippen molar-refractivity contribution in [2.45, 2.75) is 27.7 Å². The highest BCUT2D eigenvalue weighted by molar-refractivity contribution is 6.33. The molecule has 0 N–H and O–H groups in total. The largest absolute Gasteiger partial charge is 0.375 e. The van der Waals surface area contributed by atoms with Crippen molar-refractivity contribution in [3.8, 4) is 0 Å². The predicted molar refractivity (Wildman–Crippen MR) is 130 cm³/mol. The molecule has 0 aromatic rings. The molecule has 28 heavy (non-hydrogen) atoms. The van der Waals surface area contributed by atoms with E-state index in [4.69, 9.17) is 0 Å². The van der Waals surface area contributed by atoms with E-state index >= 15 is 0 Å². The topological polar surface area (TPSA) is 28.0 Å². The molecule has 0 spiro atoms. The van der Waals surface area contributed by atoms with E-state index in [-0.39, 0.29) is 0 Å². The van der Waals surface area contributed by atoms with Gasteiger partial charge in [0.1, 0.15) is 0 Å². The Kier molecular flexibility index (Phi) is 14.8. The Morgan fingerprint density at radius 3 is 1.93 bits per heavy atom. The van der Waals surface area contributed by atoms with E-state index in [1.165, 1.54) is 0 Å². The Balaban J connectivity index is 0. The molecule has 3 nitrogen and oxygen atoms in total. The Bertz CT molecular complexity index is 723. The maximum absolute atomic E-state index is 4.58. The summed E-state index contributed by atoms with van der Waals surface area (Å²) in [5, 5.41) is 0. The van der Waals surface area contributed by atoms with Gasteiger partial charge in [-0.1, -0.05) is 76.6 Å². The third-order valence-corrected chi connectivity index (χ3v) is 3.49. The number of aliphatic imine (C=N–C) groups is 2. The molecule has 3 heteroatoms. The molecule has 0 amide bonds. The number of allylic oxidation sites excluding steroid dienone is 7. The zero-order chi connectivity index (χ0) is 22.3. The second kappa shape index (κ2) is 15.2. The van der Waals surface area contributed by atoms with Crippen molar-refractivity contribution in [2.75, 3.05) is 20.6 Å². The van der Waals surface area contributed by atoms with Crippen LogP contribution >= 0.6 is 0 Å². The normalized spacial score (nSPS) is 17.2. The van der Waals surface area contributed by atoms with Crippen LogP contribution < -0.4 is 0 Å². The van der Waals surface area contributed by atoms with Gasteiger partial charge in [0.2, 0.25) is 0 Å². The van der Waals surface area contributed by atoms with Gasteiger partial charge in [-0.3, -0.25) is 9.98 Å². The summed E-state index contributed by atoms with van der Waals surface area (Å²) >= 11 is 0. The highest BCUT2D eigenvalue weighted by atomic mass is 15.1. The van der Waals surface area contributed by atoms with Crippen molar-refractivity contribution in [3.05, 3.63) is 98.0 Å². The van der Waals surface area contributed by atoms with Crippen LogP contribution in [0, 0.1) is 0 Å². The maximum Gasteiger partial charge on any atom is 0.0945 e. The van der Waals surface area contributed by atoms with Gasteiger partial charge in [0.15, 0.2) is 0 Å². The van der Waals surface area contributed by atoms with Crippen molar-refractivity contribution < 1.29 is 0 Å². The van der Waals surface area contributed by atoms with Gasteiger partial charge in [-0.25, -0.2) is 0 Å². The van der Waals surface area contributed by atoms with E-state index in [0.717, 1.165) is 39.4 Å². The minimum atomic E-state index is 0.539. The van der Waals surface area contributed by atoms with Crippen LogP contribution in [0.4, 0.5) is 0 Å². The molecule has 0 fully saturated rings. The molecular formula is C25H37N3. The average molecular weight is 380 g/mol. The number of nitrogens with zero attached hydrogens (tertiary/aromatic N) is 3. The Labute approximate surface area is 173 Å². The van der Waals surface area contributed by atoms with Crippen LogP contribution in [0.2, 0.25) is 0 Å². The molecule has 0 saturated carbocycles. The van der Waals surface area contributed by atoms with Gasteiger partial charge in [-0.05, 0) is 13.8 Å². The van der Waals surface area contributed by atoms with E-state index < -0.39 is 0 Å². The lowest BCUT2D eigenvalue weighted by atomic mass is 9.84. The molecule has 0 aromatic heterocycles. The molecular weight excluding hydrogens is 342 g/mol. The lowest BCUT2D eigenvalue weighted by Gasteiger charge is -2.30. The van der Waals surface area contributed by atoms with Crippen molar-refractivity contribution >= 4 is 11.4 Å². The van der Waals surface area contributed by atoms with Crippen LogP contribution in [-0.4, -0.2) is 37.0 Å². The van der Waals surface area contributed by atoms with Crippen molar-refractivity contribution in [3.63, 3.8) is 0 Å². The average Bonchev–Trinajstić information content (AvgIpc) is 2.68. The summed E-state index contributed by atoms with van der Waals surface area (Å²) in [5.74, 6) is 0. The van der Waals surface area contributed by atoms with Crippen LogP contribution in [0.1, 0.15) is 27.7 Å². The van der Waals surface area contributed by atoms with Crippen molar-refractivity contribution in [1.29, 1.82) is 0 Å². The minimum Gasteiger partial charge on any atom is -0.375 e. The van der Waals surface area contributed by atoms with Crippen LogP contribution in [0.15, 0.2) is 108 Å². The molecule has 1 aliphatic rings. The molecule has 1 aliphatic carbocycles. The number of rotatable bonds is 6. The monoisotopic (exact) mass is 379 g/mol. The minimum absolute atomic E-state index is 0.539. The SMILES string of the molecule is C=CC(=C)C.C=CCN=C1C(=C)/C(=C/C)C(=NC=C)C(N(C)C)=C1C=C.CC. The van der Waals surface area contributed by atoms with Gasteiger partial charge in [0, 0.05) is 37.0 Å². The van der Waals surface area contributed by atoms with E-state index in [2.05, 4.69) is 49.5 Å². The Morgan fingerprint density at radius 1 is 1.07 bits per heavy atom. The first-order valence-electron chi connectivity index (χ1n) is 9.33. The van der Waals surface area contributed by atoms with E-state index in [9.17, 15) is 0 Å². The zero-order valence-corrected chi connectivity index (χ0v) is 18.7. The smallest absolute Gasteiger partial charge is 0.0945 e. The van der Waals surface area contributed by atoms with Crippen molar-refractivity contribution in [2.24, 2.45) is 9.98 Å². The van der Waals surface area contributed by atoms with Crippen LogP contribution in [0.25, 0.3) is 0 Å². The summed E-state index contributed by atoms with van der Waals surface area (Å²) in [4.78, 5) is 11.0. The lowest BCUT2D eigenvalue weighted by Crippen LogP contribution is -2.31. The molecule has 0 bridgehead atoms. The van der Waals surface area contributed by atoms with E-state index in [1.54, 1.807) is 24.4 Å². The highest BCUT2D eigenvalue weighted by Gasteiger charge is 2.29. The Hall–Kier alpha value is -2.94. The number of hydrogen-bond acceptors (Lipinski definition) is 3. The van der Waals surface area contributed by atoms with E-state index in [1.807, 2.05) is 52.8 Å². The second-order valence-corrected chi connectivity index (χ2v) is 5.73. The first-order valence-corrected chi connectivity index (χ1v) is 9.33. The van der Waals surface area contributed by atoms with Gasteiger partial charge in [0.05, 0.1) is 23.7 Å². The predicted octanol–water partition coefficient (Wildman–Crippen LogP) is 6.49. The van der Waals surface area contributed by atoms with Crippen LogP contribution in [-0.2, 0) is 0 Å². The highest BCUT2D eigenvalue weighted by Crippen LogP contribution is 2.31. The molecule has 0 atom stereocenters. The Morgan fingerprint density at radius 2 is 1.61 bits per heavy atom. The second-order valence-electron chi connectivity index (χ2n) is 5.73. The first-order chi connectivity index (χ1) is 13.3. The first kappa shape index (κ1) is 27.3. The summed E-state index contributed by atoms with van der Waals surface area (Å²) in [6.45, 7) is 31.0. The van der Waals surface area contributed by atoms with E-state index in [0.29, 0.717) is 6.54 Å². The van der Waals surface area contributed by atoms with Crippen LogP contribution in [0.3, 0.4) is 0 Å². The van der Waals surface area contributed by atoms with Crippen LogP contribution in [0.5, 0.6) is 0 Å². The molecule has 1 rings (SSSR count). The summed E-state index contributed by atoms with van der Waals surface area (Å²) in [7, 11) is 3.95. The fourth-order valence-electron chi connectivity index (χ4n) is 2.32. The van der Waals surface area contributed by atoms with Gasteiger partial charge >= 0.3 is 0 Å². The summed E-state index contributed by atoms with van der Waals surface area (Å²) in [6.07, 6.45) is 8.83.